The molecule has 0 spiro atoms. The standard InChI is InChI=1S/C24H30N2O/c1-25-15-11-19-7-3-5-9-21(19)23(25)13-17-27-18-14-24-22-10-6-4-8-20(22)12-16-26(24)2/h3-10H,11-18H2,1-2H3/q+2. The summed E-state index contributed by atoms with van der Waals surface area (Å²) in [7, 11) is 4.41. The molecular weight excluding hydrogens is 332 g/mol. The maximum Gasteiger partial charge on any atom is 0.185 e. The van der Waals surface area contributed by atoms with E-state index in [2.05, 4.69) is 71.8 Å². The lowest BCUT2D eigenvalue weighted by atomic mass is 9.95. The molecule has 0 N–H and O–H groups in total. The van der Waals surface area contributed by atoms with Gasteiger partial charge in [0.2, 0.25) is 0 Å². The smallest absolute Gasteiger partial charge is 0.185 e. The first kappa shape index (κ1) is 18.1. The van der Waals surface area contributed by atoms with Crippen LogP contribution < -0.4 is 0 Å². The minimum absolute atomic E-state index is 0.784. The summed E-state index contributed by atoms with van der Waals surface area (Å²) in [6, 6.07) is 17.6. The molecule has 0 saturated carbocycles. The van der Waals surface area contributed by atoms with Crippen molar-refractivity contribution >= 4 is 11.4 Å². The first-order chi connectivity index (χ1) is 13.2. The van der Waals surface area contributed by atoms with E-state index in [0.717, 1.165) is 52.0 Å². The fourth-order valence-corrected chi connectivity index (χ4v) is 4.39. The molecule has 0 radical (unpaired) electrons. The van der Waals surface area contributed by atoms with Gasteiger partial charge in [0.25, 0.3) is 0 Å². The van der Waals surface area contributed by atoms with Crippen molar-refractivity contribution in [3.05, 3.63) is 70.8 Å². The van der Waals surface area contributed by atoms with E-state index in [9.17, 15) is 0 Å². The number of fused-ring (bicyclic) bond motifs is 2. The summed E-state index contributed by atoms with van der Waals surface area (Å²) in [6.07, 6.45) is 4.24. The van der Waals surface area contributed by atoms with Crippen LogP contribution in [-0.2, 0) is 17.6 Å². The molecule has 0 aromatic heterocycles. The Hall–Kier alpha value is -2.26. The van der Waals surface area contributed by atoms with E-state index in [4.69, 9.17) is 4.74 Å². The summed E-state index contributed by atoms with van der Waals surface area (Å²) < 4.78 is 10.9. The number of ether oxygens (including phenoxy) is 1. The quantitative estimate of drug-likeness (QED) is 0.569. The highest BCUT2D eigenvalue weighted by Crippen LogP contribution is 2.18. The molecule has 27 heavy (non-hydrogen) atoms. The van der Waals surface area contributed by atoms with E-state index in [-0.39, 0.29) is 0 Å². The zero-order valence-electron chi connectivity index (χ0n) is 16.6. The second-order valence-electron chi connectivity index (χ2n) is 7.66. The summed E-state index contributed by atoms with van der Waals surface area (Å²) in [4.78, 5) is 0. The van der Waals surface area contributed by atoms with Crippen molar-refractivity contribution in [1.29, 1.82) is 0 Å². The third-order valence-electron chi connectivity index (χ3n) is 5.98. The fraction of sp³-hybridized carbons (Fsp3) is 0.417. The van der Waals surface area contributed by atoms with Crippen LogP contribution in [0.1, 0.15) is 35.1 Å². The molecule has 0 aliphatic carbocycles. The maximum atomic E-state index is 6.07. The minimum Gasteiger partial charge on any atom is -0.380 e. The number of rotatable bonds is 6. The lowest BCUT2D eigenvalue weighted by Gasteiger charge is -2.17. The summed E-state index contributed by atoms with van der Waals surface area (Å²) in [5.74, 6) is 0. The van der Waals surface area contributed by atoms with Crippen molar-refractivity contribution in [2.45, 2.75) is 25.7 Å². The third-order valence-corrected chi connectivity index (χ3v) is 5.98. The first-order valence-electron chi connectivity index (χ1n) is 10.1. The van der Waals surface area contributed by atoms with Crippen molar-refractivity contribution in [1.82, 2.24) is 0 Å². The van der Waals surface area contributed by atoms with Crippen LogP contribution in [0.2, 0.25) is 0 Å². The summed E-state index contributed by atoms with van der Waals surface area (Å²) in [5.41, 5.74) is 8.60. The van der Waals surface area contributed by atoms with Crippen LogP contribution in [0, 0.1) is 0 Å². The van der Waals surface area contributed by atoms with Gasteiger partial charge in [-0.3, -0.25) is 0 Å². The van der Waals surface area contributed by atoms with Gasteiger partial charge in [0.05, 0.1) is 26.1 Å². The number of hydrogen-bond acceptors (Lipinski definition) is 1. The molecule has 2 aromatic rings. The monoisotopic (exact) mass is 362 g/mol. The SMILES string of the molecule is C[N+]1=C(CCOCCC2=[N+](C)CCc3ccccc32)c2ccccc2CC1. The van der Waals surface area contributed by atoms with Crippen LogP contribution in [0.5, 0.6) is 0 Å². The number of benzene rings is 2. The predicted molar refractivity (Wildman–Crippen MR) is 111 cm³/mol. The summed E-state index contributed by atoms with van der Waals surface area (Å²) in [5, 5.41) is 0. The van der Waals surface area contributed by atoms with Gasteiger partial charge < -0.3 is 4.74 Å². The Labute approximate surface area is 162 Å². The molecule has 0 amide bonds. The highest BCUT2D eigenvalue weighted by molar-refractivity contribution is 5.99. The van der Waals surface area contributed by atoms with Gasteiger partial charge in [-0.1, -0.05) is 36.4 Å². The van der Waals surface area contributed by atoms with Gasteiger partial charge in [-0.2, -0.15) is 0 Å². The molecule has 3 heteroatoms. The van der Waals surface area contributed by atoms with Crippen molar-refractivity contribution in [2.24, 2.45) is 0 Å². The van der Waals surface area contributed by atoms with E-state index < -0.39 is 0 Å². The van der Waals surface area contributed by atoms with Gasteiger partial charge in [-0.05, 0) is 23.3 Å². The highest BCUT2D eigenvalue weighted by Gasteiger charge is 2.24. The Morgan fingerprint density at radius 3 is 1.63 bits per heavy atom. The number of nitrogens with zero attached hydrogens (tertiary/aromatic N) is 2. The molecule has 0 unspecified atom stereocenters. The van der Waals surface area contributed by atoms with E-state index >= 15 is 0 Å². The largest absolute Gasteiger partial charge is 0.380 e. The Bertz CT molecular complexity index is 821. The molecule has 2 aliphatic rings. The van der Waals surface area contributed by atoms with Crippen LogP contribution in [0.4, 0.5) is 0 Å². The molecule has 2 aliphatic heterocycles. The van der Waals surface area contributed by atoms with Gasteiger partial charge in [0.1, 0.15) is 27.2 Å². The average molecular weight is 363 g/mol. The third kappa shape index (κ3) is 3.89. The molecule has 0 atom stereocenters. The van der Waals surface area contributed by atoms with Gasteiger partial charge in [0, 0.05) is 24.0 Å². The Morgan fingerprint density at radius 2 is 1.15 bits per heavy atom. The maximum absolute atomic E-state index is 6.07. The van der Waals surface area contributed by atoms with E-state index in [0.29, 0.717) is 0 Å². The second kappa shape index (κ2) is 8.18. The molecule has 0 fully saturated rings. The Balaban J connectivity index is 1.34. The molecule has 0 saturated heterocycles. The zero-order chi connectivity index (χ0) is 18.6. The van der Waals surface area contributed by atoms with Gasteiger partial charge in [-0.15, -0.1) is 0 Å². The van der Waals surface area contributed by atoms with E-state index in [1.54, 1.807) is 0 Å². The van der Waals surface area contributed by atoms with Crippen molar-refractivity contribution in [3.8, 4) is 0 Å². The van der Waals surface area contributed by atoms with Crippen LogP contribution >= 0.6 is 0 Å². The number of likely N-dealkylation sites (N-methyl/N-ethyl adjacent to an activating group) is 2. The topological polar surface area (TPSA) is 15.2 Å². The summed E-state index contributed by atoms with van der Waals surface area (Å²) >= 11 is 0. The molecule has 2 aromatic carbocycles. The lowest BCUT2D eigenvalue weighted by Crippen LogP contribution is -2.29. The Kier molecular flexibility index (Phi) is 5.49. The van der Waals surface area contributed by atoms with Crippen molar-refractivity contribution in [2.75, 3.05) is 40.4 Å². The molecular formula is C24H30N2O+2. The van der Waals surface area contributed by atoms with Crippen LogP contribution in [0.25, 0.3) is 0 Å². The lowest BCUT2D eigenvalue weighted by molar-refractivity contribution is -0.499. The van der Waals surface area contributed by atoms with Gasteiger partial charge in [0.15, 0.2) is 11.4 Å². The van der Waals surface area contributed by atoms with E-state index in [1.807, 2.05) is 0 Å². The molecule has 3 nitrogen and oxygen atoms in total. The average Bonchev–Trinajstić information content (AvgIpc) is 2.70. The van der Waals surface area contributed by atoms with Crippen LogP contribution in [-0.4, -0.2) is 61.0 Å². The predicted octanol–water partition coefficient (Wildman–Crippen LogP) is 3.16. The molecule has 4 rings (SSSR count). The highest BCUT2D eigenvalue weighted by atomic mass is 16.5. The van der Waals surface area contributed by atoms with Crippen molar-refractivity contribution in [3.63, 3.8) is 0 Å². The van der Waals surface area contributed by atoms with Crippen LogP contribution in [0.15, 0.2) is 48.5 Å². The normalized spacial score (nSPS) is 16.4. The van der Waals surface area contributed by atoms with Gasteiger partial charge in [-0.25, -0.2) is 9.15 Å². The zero-order valence-corrected chi connectivity index (χ0v) is 16.6. The summed E-state index contributed by atoms with van der Waals surface area (Å²) in [6.45, 7) is 3.77. The minimum atomic E-state index is 0.784. The fourth-order valence-electron chi connectivity index (χ4n) is 4.39. The Morgan fingerprint density at radius 1 is 0.704 bits per heavy atom. The van der Waals surface area contributed by atoms with Crippen molar-refractivity contribution < 1.29 is 13.9 Å². The second-order valence-corrected chi connectivity index (χ2v) is 7.66. The van der Waals surface area contributed by atoms with Gasteiger partial charge >= 0.3 is 0 Å². The molecule has 0 bridgehead atoms. The number of hydrogen-bond donors (Lipinski definition) is 0. The molecule has 2 heterocycles. The van der Waals surface area contributed by atoms with Crippen LogP contribution in [0.3, 0.4) is 0 Å². The first-order valence-corrected chi connectivity index (χ1v) is 10.1. The van der Waals surface area contributed by atoms with E-state index in [1.165, 1.54) is 33.7 Å². The molecule has 140 valence electrons.